The minimum atomic E-state index is -1.32. The summed E-state index contributed by atoms with van der Waals surface area (Å²) < 4.78 is 15.0. The van der Waals surface area contributed by atoms with E-state index in [-0.39, 0.29) is 13.2 Å². The van der Waals surface area contributed by atoms with Crippen LogP contribution in [0.5, 0.6) is 5.75 Å². The van der Waals surface area contributed by atoms with E-state index < -0.39 is 17.6 Å². The Hall–Kier alpha value is -2.24. The fraction of sp³-hybridized carbons (Fsp3) is 0.429. The molecule has 0 radical (unpaired) electrons. The van der Waals surface area contributed by atoms with Gasteiger partial charge >= 0.3 is 12.1 Å². The van der Waals surface area contributed by atoms with Gasteiger partial charge in [0.05, 0.1) is 13.7 Å². The maximum absolute atomic E-state index is 11.8. The van der Waals surface area contributed by atoms with Crippen molar-refractivity contribution in [2.45, 2.75) is 19.4 Å². The molecule has 6 nitrogen and oxygen atoms in total. The molecule has 110 valence electrons. The summed E-state index contributed by atoms with van der Waals surface area (Å²) in [5, 5.41) is 2.45. The van der Waals surface area contributed by atoms with Gasteiger partial charge in [-0.15, -0.1) is 0 Å². The first-order chi connectivity index (χ1) is 9.51. The Morgan fingerprint density at radius 1 is 1.25 bits per heavy atom. The van der Waals surface area contributed by atoms with Gasteiger partial charge in [0.25, 0.3) is 0 Å². The molecular formula is C14H19NO5. The van der Waals surface area contributed by atoms with Crippen LogP contribution >= 0.6 is 0 Å². The number of hydrogen-bond acceptors (Lipinski definition) is 5. The van der Waals surface area contributed by atoms with Gasteiger partial charge in [0.15, 0.2) is 5.54 Å². The second-order valence-electron chi connectivity index (χ2n) is 4.27. The van der Waals surface area contributed by atoms with Crippen LogP contribution in [0.25, 0.3) is 0 Å². The van der Waals surface area contributed by atoms with E-state index in [4.69, 9.17) is 14.2 Å². The zero-order valence-corrected chi connectivity index (χ0v) is 11.8. The number of nitrogens with one attached hydrogen (secondary N) is 1. The van der Waals surface area contributed by atoms with Gasteiger partial charge in [-0.05, 0) is 26.0 Å². The first-order valence-electron chi connectivity index (χ1n) is 6.23. The van der Waals surface area contributed by atoms with Crippen LogP contribution in [0.3, 0.4) is 0 Å². The van der Waals surface area contributed by atoms with Crippen LogP contribution in [0.1, 0.15) is 13.8 Å². The van der Waals surface area contributed by atoms with E-state index in [0.29, 0.717) is 5.75 Å². The number of hydrogen-bond donors (Lipinski definition) is 1. The molecule has 1 aromatic carbocycles. The standard InChI is InChI=1S/C14H19NO5/c1-4-19-13(17)15-14(2,12(16)18-3)10-20-11-8-6-5-7-9-11/h5-9H,4,10H2,1-3H3,(H,15,17). The lowest BCUT2D eigenvalue weighted by Crippen LogP contribution is -2.56. The van der Waals surface area contributed by atoms with Crippen molar-refractivity contribution in [2.75, 3.05) is 20.3 Å². The van der Waals surface area contributed by atoms with Crippen molar-refractivity contribution in [1.29, 1.82) is 0 Å². The summed E-state index contributed by atoms with van der Waals surface area (Å²) in [5.41, 5.74) is -1.32. The summed E-state index contributed by atoms with van der Waals surface area (Å²) in [6.07, 6.45) is -0.697. The Labute approximate surface area is 118 Å². The summed E-state index contributed by atoms with van der Waals surface area (Å²) in [4.78, 5) is 23.3. The molecule has 1 aromatic rings. The minimum Gasteiger partial charge on any atom is -0.491 e. The summed E-state index contributed by atoms with van der Waals surface area (Å²) >= 11 is 0. The van der Waals surface area contributed by atoms with Gasteiger partial charge in [-0.1, -0.05) is 18.2 Å². The van der Waals surface area contributed by atoms with Gasteiger partial charge < -0.3 is 19.5 Å². The zero-order chi connectivity index (χ0) is 15.0. The van der Waals surface area contributed by atoms with E-state index in [1.54, 1.807) is 19.1 Å². The van der Waals surface area contributed by atoms with Gasteiger partial charge in [-0.3, -0.25) is 0 Å². The fourth-order valence-electron chi connectivity index (χ4n) is 1.51. The SMILES string of the molecule is CCOC(=O)NC(C)(COc1ccccc1)C(=O)OC. The molecule has 20 heavy (non-hydrogen) atoms. The first kappa shape index (κ1) is 15.8. The number of methoxy groups -OCH3 is 1. The molecule has 0 aliphatic heterocycles. The summed E-state index contributed by atoms with van der Waals surface area (Å²) in [6, 6.07) is 8.97. The van der Waals surface area contributed by atoms with Crippen molar-refractivity contribution in [1.82, 2.24) is 5.32 Å². The van der Waals surface area contributed by atoms with E-state index in [2.05, 4.69) is 5.32 Å². The number of alkyl carbamates (subject to hydrolysis) is 1. The minimum absolute atomic E-state index is 0.0670. The second-order valence-corrected chi connectivity index (χ2v) is 4.27. The molecule has 1 rings (SSSR count). The normalized spacial score (nSPS) is 12.9. The number of benzene rings is 1. The predicted octanol–water partition coefficient (Wildman–Crippen LogP) is 1.74. The van der Waals surface area contributed by atoms with Crippen molar-refractivity contribution in [3.63, 3.8) is 0 Å². The van der Waals surface area contributed by atoms with Crippen molar-refractivity contribution in [3.05, 3.63) is 30.3 Å². The maximum atomic E-state index is 11.8. The highest BCUT2D eigenvalue weighted by molar-refractivity contribution is 5.85. The molecule has 0 bridgehead atoms. The van der Waals surface area contributed by atoms with E-state index in [1.807, 2.05) is 18.2 Å². The fourth-order valence-corrected chi connectivity index (χ4v) is 1.51. The second kappa shape index (κ2) is 7.37. The van der Waals surface area contributed by atoms with E-state index in [0.717, 1.165) is 0 Å². The summed E-state index contributed by atoms with van der Waals surface area (Å²) in [7, 11) is 1.25. The lowest BCUT2D eigenvalue weighted by atomic mass is 10.0. The van der Waals surface area contributed by atoms with Crippen LogP contribution in [0.15, 0.2) is 30.3 Å². The van der Waals surface area contributed by atoms with Crippen LogP contribution in [-0.4, -0.2) is 37.9 Å². The number of ether oxygens (including phenoxy) is 3. The smallest absolute Gasteiger partial charge is 0.408 e. The largest absolute Gasteiger partial charge is 0.491 e. The van der Waals surface area contributed by atoms with Gasteiger partial charge in [0.2, 0.25) is 0 Å². The third-order valence-corrected chi connectivity index (χ3v) is 2.56. The molecule has 0 aromatic heterocycles. The number of carbonyl (C=O) groups excluding carboxylic acids is 2. The van der Waals surface area contributed by atoms with Crippen LogP contribution in [0.2, 0.25) is 0 Å². The van der Waals surface area contributed by atoms with E-state index >= 15 is 0 Å². The number of para-hydroxylation sites is 1. The molecule has 1 unspecified atom stereocenters. The quantitative estimate of drug-likeness (QED) is 0.804. The van der Waals surface area contributed by atoms with Gasteiger partial charge in [-0.25, -0.2) is 9.59 Å². The van der Waals surface area contributed by atoms with Gasteiger partial charge in [-0.2, -0.15) is 0 Å². The topological polar surface area (TPSA) is 73.9 Å². The average Bonchev–Trinajstić information content (AvgIpc) is 2.45. The van der Waals surface area contributed by atoms with E-state index in [1.165, 1.54) is 14.0 Å². The van der Waals surface area contributed by atoms with Gasteiger partial charge in [0.1, 0.15) is 12.4 Å². The van der Waals surface area contributed by atoms with Crippen LogP contribution in [0.4, 0.5) is 4.79 Å². The highest BCUT2D eigenvalue weighted by atomic mass is 16.6. The zero-order valence-electron chi connectivity index (χ0n) is 11.8. The van der Waals surface area contributed by atoms with Crippen LogP contribution in [0, 0.1) is 0 Å². The number of amides is 1. The summed E-state index contributed by atoms with van der Waals surface area (Å²) in [5.74, 6) is -0.0187. The average molecular weight is 281 g/mol. The molecule has 0 aliphatic carbocycles. The third-order valence-electron chi connectivity index (χ3n) is 2.56. The molecule has 0 fully saturated rings. The molecular weight excluding hydrogens is 262 g/mol. The highest BCUT2D eigenvalue weighted by Gasteiger charge is 2.38. The molecule has 0 aliphatic rings. The number of carbonyl (C=O) groups is 2. The number of rotatable bonds is 6. The molecule has 0 spiro atoms. The molecule has 1 N–H and O–H groups in total. The third kappa shape index (κ3) is 4.46. The monoisotopic (exact) mass is 281 g/mol. The Bertz CT molecular complexity index is 448. The molecule has 0 saturated heterocycles. The molecule has 0 heterocycles. The van der Waals surface area contributed by atoms with Crippen molar-refractivity contribution < 1.29 is 23.8 Å². The van der Waals surface area contributed by atoms with Gasteiger partial charge in [0, 0.05) is 0 Å². The molecule has 1 atom stereocenters. The maximum Gasteiger partial charge on any atom is 0.408 e. The lowest BCUT2D eigenvalue weighted by molar-refractivity contribution is -0.149. The van der Waals surface area contributed by atoms with E-state index in [9.17, 15) is 9.59 Å². The van der Waals surface area contributed by atoms with Crippen LogP contribution in [-0.2, 0) is 14.3 Å². The highest BCUT2D eigenvalue weighted by Crippen LogP contribution is 2.13. The first-order valence-corrected chi connectivity index (χ1v) is 6.23. The Morgan fingerprint density at radius 2 is 1.90 bits per heavy atom. The summed E-state index contributed by atoms with van der Waals surface area (Å²) in [6.45, 7) is 3.33. The molecule has 6 heteroatoms. The molecule has 0 saturated carbocycles. The Balaban J connectivity index is 2.73. The Kier molecular flexibility index (Phi) is 5.83. The van der Waals surface area contributed by atoms with Crippen molar-refractivity contribution >= 4 is 12.1 Å². The number of esters is 1. The van der Waals surface area contributed by atoms with Crippen LogP contribution < -0.4 is 10.1 Å². The van der Waals surface area contributed by atoms with Crippen molar-refractivity contribution in [2.24, 2.45) is 0 Å². The molecule has 1 amide bonds. The van der Waals surface area contributed by atoms with Crippen molar-refractivity contribution in [3.8, 4) is 5.75 Å². The predicted molar refractivity (Wildman–Crippen MR) is 72.5 cm³/mol. The Morgan fingerprint density at radius 3 is 2.45 bits per heavy atom. The lowest BCUT2D eigenvalue weighted by Gasteiger charge is -2.27.